The maximum absolute atomic E-state index is 12.7. The Morgan fingerprint density at radius 3 is 2.41 bits per heavy atom. The summed E-state index contributed by atoms with van der Waals surface area (Å²) in [4.78, 5) is 39.4. The van der Waals surface area contributed by atoms with Crippen LogP contribution in [-0.4, -0.2) is 40.1 Å². The first-order chi connectivity index (χ1) is 15.5. The molecule has 3 aromatic rings. The third kappa shape index (κ3) is 5.00. The van der Waals surface area contributed by atoms with Crippen LogP contribution in [0.25, 0.3) is 0 Å². The lowest BCUT2D eigenvalue weighted by atomic mass is 10.00. The summed E-state index contributed by atoms with van der Waals surface area (Å²) in [7, 11) is 0. The molecule has 0 unspecified atom stereocenters. The van der Waals surface area contributed by atoms with Crippen molar-refractivity contribution in [2.24, 2.45) is 0 Å². The fraction of sp³-hybridized carbons (Fsp3) is 0.160. The fourth-order valence-electron chi connectivity index (χ4n) is 3.67. The van der Waals surface area contributed by atoms with Crippen molar-refractivity contribution in [3.8, 4) is 0 Å². The van der Waals surface area contributed by atoms with Crippen LogP contribution in [-0.2, 0) is 17.8 Å². The number of aromatic carboxylic acids is 1. The van der Waals surface area contributed by atoms with E-state index < -0.39 is 11.9 Å². The number of carbonyl (C=O) groups is 3. The first-order valence-electron chi connectivity index (χ1n) is 10.2. The molecular weight excluding hydrogens is 424 g/mol. The third-order valence-corrected chi connectivity index (χ3v) is 6.32. The van der Waals surface area contributed by atoms with E-state index in [9.17, 15) is 19.5 Å². The zero-order valence-electron chi connectivity index (χ0n) is 17.3. The van der Waals surface area contributed by atoms with Gasteiger partial charge in [-0.25, -0.2) is 4.79 Å². The van der Waals surface area contributed by atoms with Gasteiger partial charge in [-0.1, -0.05) is 42.5 Å². The van der Waals surface area contributed by atoms with Crippen LogP contribution < -0.4 is 5.32 Å². The largest absolute Gasteiger partial charge is 0.478 e. The summed E-state index contributed by atoms with van der Waals surface area (Å²) in [6, 6.07) is 21.5. The average molecular weight is 447 g/mol. The Balaban J connectivity index is 1.37. The molecule has 0 spiro atoms. The van der Waals surface area contributed by atoms with E-state index in [4.69, 9.17) is 0 Å². The van der Waals surface area contributed by atoms with Crippen LogP contribution >= 0.6 is 11.8 Å². The lowest BCUT2D eigenvalue weighted by Crippen LogP contribution is -2.37. The fourth-order valence-corrected chi connectivity index (χ4v) is 4.53. The molecular formula is C25H22N2O4S. The summed E-state index contributed by atoms with van der Waals surface area (Å²) in [5.41, 5.74) is 3.09. The molecule has 0 bridgehead atoms. The van der Waals surface area contributed by atoms with E-state index in [1.807, 2.05) is 23.1 Å². The molecule has 0 fully saturated rings. The van der Waals surface area contributed by atoms with Gasteiger partial charge in [0.05, 0.1) is 16.9 Å². The van der Waals surface area contributed by atoms with Crippen LogP contribution in [0.4, 0.5) is 5.69 Å². The smallest absolute Gasteiger partial charge is 0.336 e. The van der Waals surface area contributed by atoms with Gasteiger partial charge in [0, 0.05) is 23.7 Å². The highest BCUT2D eigenvalue weighted by Crippen LogP contribution is 2.24. The van der Waals surface area contributed by atoms with E-state index in [2.05, 4.69) is 17.4 Å². The van der Waals surface area contributed by atoms with Crippen LogP contribution in [0.3, 0.4) is 0 Å². The van der Waals surface area contributed by atoms with Crippen LogP contribution in [0.15, 0.2) is 77.7 Å². The summed E-state index contributed by atoms with van der Waals surface area (Å²) < 4.78 is 0. The number of nitrogens with zero attached hydrogens (tertiary/aromatic N) is 1. The second-order valence-corrected chi connectivity index (χ2v) is 8.50. The minimum absolute atomic E-state index is 0.0516. The number of benzene rings is 3. The molecule has 1 heterocycles. The van der Waals surface area contributed by atoms with E-state index in [1.54, 1.807) is 30.3 Å². The molecule has 7 heteroatoms. The number of amides is 2. The van der Waals surface area contributed by atoms with Gasteiger partial charge in [0.25, 0.3) is 5.91 Å². The minimum atomic E-state index is -1.15. The Bertz CT molecular complexity index is 1180. The van der Waals surface area contributed by atoms with E-state index >= 15 is 0 Å². The van der Waals surface area contributed by atoms with E-state index in [-0.39, 0.29) is 17.0 Å². The van der Waals surface area contributed by atoms with Crippen molar-refractivity contribution >= 4 is 35.2 Å². The zero-order valence-corrected chi connectivity index (χ0v) is 18.1. The van der Waals surface area contributed by atoms with Crippen molar-refractivity contribution < 1.29 is 19.5 Å². The van der Waals surface area contributed by atoms with Crippen molar-refractivity contribution in [2.75, 3.05) is 17.6 Å². The summed E-state index contributed by atoms with van der Waals surface area (Å²) in [6.07, 6.45) is 0.867. The topological polar surface area (TPSA) is 86.7 Å². The Morgan fingerprint density at radius 1 is 0.906 bits per heavy atom. The third-order valence-electron chi connectivity index (χ3n) is 5.34. The second kappa shape index (κ2) is 9.70. The van der Waals surface area contributed by atoms with Gasteiger partial charge >= 0.3 is 5.97 Å². The molecule has 0 saturated carbocycles. The van der Waals surface area contributed by atoms with Crippen LogP contribution in [0.1, 0.15) is 31.8 Å². The number of fused-ring (bicyclic) bond motifs is 1. The lowest BCUT2D eigenvalue weighted by molar-refractivity contribution is -0.129. The first-order valence-corrected chi connectivity index (χ1v) is 11.2. The maximum atomic E-state index is 12.7. The number of thioether (sulfide) groups is 1. The molecule has 4 rings (SSSR count). The van der Waals surface area contributed by atoms with Gasteiger partial charge in [0.15, 0.2) is 0 Å². The number of anilines is 1. The minimum Gasteiger partial charge on any atom is -0.478 e. The Morgan fingerprint density at radius 2 is 1.62 bits per heavy atom. The highest BCUT2D eigenvalue weighted by atomic mass is 32.2. The number of carboxylic acids is 1. The second-order valence-electron chi connectivity index (χ2n) is 7.46. The monoisotopic (exact) mass is 446 g/mol. The van der Waals surface area contributed by atoms with Gasteiger partial charge in [-0.2, -0.15) is 0 Å². The highest BCUT2D eigenvalue weighted by molar-refractivity contribution is 8.00. The predicted molar refractivity (Wildman–Crippen MR) is 124 cm³/mol. The molecule has 3 aromatic carbocycles. The van der Waals surface area contributed by atoms with Gasteiger partial charge in [0.1, 0.15) is 0 Å². The van der Waals surface area contributed by atoms with Crippen molar-refractivity contribution in [3.63, 3.8) is 0 Å². The molecule has 2 N–H and O–H groups in total. The molecule has 2 amide bonds. The zero-order chi connectivity index (χ0) is 22.5. The van der Waals surface area contributed by atoms with Crippen LogP contribution in [0, 0.1) is 0 Å². The summed E-state index contributed by atoms with van der Waals surface area (Å²) in [6.45, 7) is 1.35. The average Bonchev–Trinajstić information content (AvgIpc) is 2.82. The SMILES string of the molecule is O=C(O)c1ccccc1C(=O)Nc1cccc(SCC(=O)N2CCc3ccccc3C2)c1. The molecule has 0 saturated heterocycles. The Kier molecular flexibility index (Phi) is 6.56. The molecule has 6 nitrogen and oxygen atoms in total. The summed E-state index contributed by atoms with van der Waals surface area (Å²) in [5, 5.41) is 12.0. The van der Waals surface area contributed by atoms with Crippen LogP contribution in [0.5, 0.6) is 0 Å². The van der Waals surface area contributed by atoms with E-state index in [0.29, 0.717) is 18.0 Å². The Hall–Kier alpha value is -3.58. The number of hydrogen-bond donors (Lipinski definition) is 2. The standard InChI is InChI=1S/C25H22N2O4S/c28-23(27-13-12-17-6-1-2-7-18(17)15-27)16-32-20-9-5-8-19(14-20)26-24(29)21-10-3-4-11-22(21)25(30)31/h1-11,14H,12-13,15-16H2,(H,26,29)(H,30,31). The van der Waals surface area contributed by atoms with Crippen molar-refractivity contribution in [1.29, 1.82) is 0 Å². The maximum Gasteiger partial charge on any atom is 0.336 e. The van der Waals surface area contributed by atoms with Gasteiger partial charge < -0.3 is 15.3 Å². The van der Waals surface area contributed by atoms with Gasteiger partial charge in [0.2, 0.25) is 5.91 Å². The summed E-state index contributed by atoms with van der Waals surface area (Å²) in [5.74, 6) is -1.26. The number of hydrogen-bond acceptors (Lipinski definition) is 4. The van der Waals surface area contributed by atoms with E-state index in [1.165, 1.54) is 35.0 Å². The van der Waals surface area contributed by atoms with E-state index in [0.717, 1.165) is 17.9 Å². The number of carboxylic acid groups (broad SMARTS) is 1. The molecule has 162 valence electrons. The summed E-state index contributed by atoms with van der Waals surface area (Å²) >= 11 is 1.41. The lowest BCUT2D eigenvalue weighted by Gasteiger charge is -2.28. The van der Waals surface area contributed by atoms with Crippen LogP contribution in [0.2, 0.25) is 0 Å². The molecule has 32 heavy (non-hydrogen) atoms. The van der Waals surface area contributed by atoms with Gasteiger partial charge in [-0.15, -0.1) is 11.8 Å². The number of carbonyl (C=O) groups excluding carboxylic acids is 2. The quantitative estimate of drug-likeness (QED) is 0.551. The highest BCUT2D eigenvalue weighted by Gasteiger charge is 2.20. The first kappa shape index (κ1) is 21.6. The Labute approximate surface area is 190 Å². The molecule has 0 atom stereocenters. The molecule has 1 aliphatic rings. The van der Waals surface area contributed by atoms with Crippen molar-refractivity contribution in [2.45, 2.75) is 17.9 Å². The molecule has 1 aliphatic heterocycles. The molecule has 0 aromatic heterocycles. The normalized spacial score (nSPS) is 12.7. The van der Waals surface area contributed by atoms with Crippen molar-refractivity contribution in [3.05, 3.63) is 95.1 Å². The van der Waals surface area contributed by atoms with Gasteiger partial charge in [-0.3, -0.25) is 9.59 Å². The molecule has 0 radical (unpaired) electrons. The molecule has 0 aliphatic carbocycles. The van der Waals surface area contributed by atoms with Gasteiger partial charge in [-0.05, 0) is 47.9 Å². The predicted octanol–water partition coefficient (Wildman–Crippen LogP) is 4.31. The number of nitrogens with one attached hydrogen (secondary N) is 1. The number of rotatable bonds is 6. The van der Waals surface area contributed by atoms with Crippen molar-refractivity contribution in [1.82, 2.24) is 4.90 Å².